The summed E-state index contributed by atoms with van der Waals surface area (Å²) < 4.78 is 5.03. The van der Waals surface area contributed by atoms with Gasteiger partial charge in [0.2, 0.25) is 5.91 Å². The molecule has 5 nitrogen and oxygen atoms in total. The van der Waals surface area contributed by atoms with Crippen LogP contribution < -0.4 is 0 Å². The van der Waals surface area contributed by atoms with E-state index in [4.69, 9.17) is 4.74 Å². The van der Waals surface area contributed by atoms with E-state index < -0.39 is 0 Å². The summed E-state index contributed by atoms with van der Waals surface area (Å²) in [6.45, 7) is 0.530. The van der Waals surface area contributed by atoms with Crippen molar-refractivity contribution < 1.29 is 14.3 Å². The number of amides is 2. The molecule has 0 atom stereocenters. The summed E-state index contributed by atoms with van der Waals surface area (Å²) in [6, 6.07) is 7.22. The average Bonchev–Trinajstić information content (AvgIpc) is 2.38. The van der Waals surface area contributed by atoms with Crippen LogP contribution in [0.3, 0.4) is 0 Å². The lowest BCUT2D eigenvalue weighted by Gasteiger charge is -2.19. The lowest BCUT2D eigenvalue weighted by molar-refractivity contribution is -0.129. The van der Waals surface area contributed by atoms with Crippen LogP contribution in [0.5, 0.6) is 0 Å². The Morgan fingerprint density at radius 3 is 2.47 bits per heavy atom. The number of hydrogen-bond acceptors (Lipinski definition) is 3. The molecule has 0 fully saturated rings. The summed E-state index contributed by atoms with van der Waals surface area (Å²) in [6.07, 6.45) is 0. The first-order valence-electron chi connectivity index (χ1n) is 5.99. The van der Waals surface area contributed by atoms with Gasteiger partial charge in [-0.3, -0.25) is 9.59 Å². The van der Waals surface area contributed by atoms with Gasteiger partial charge in [0.1, 0.15) is 0 Å². The van der Waals surface area contributed by atoms with Crippen LogP contribution >= 0.6 is 0 Å². The summed E-state index contributed by atoms with van der Waals surface area (Å²) in [5, 5.41) is 0. The van der Waals surface area contributed by atoms with Gasteiger partial charge < -0.3 is 14.5 Å². The highest BCUT2D eigenvalue weighted by molar-refractivity contribution is 5.96. The molecule has 1 aromatic carbocycles. The van der Waals surface area contributed by atoms with Crippen molar-refractivity contribution in [2.24, 2.45) is 0 Å². The van der Waals surface area contributed by atoms with Crippen molar-refractivity contribution in [3.8, 4) is 0 Å². The topological polar surface area (TPSA) is 49.9 Å². The maximum absolute atomic E-state index is 12.2. The molecule has 0 N–H and O–H groups in total. The fraction of sp³-hybridized carbons (Fsp3) is 0.429. The van der Waals surface area contributed by atoms with Crippen LogP contribution in [0.4, 0.5) is 0 Å². The van der Waals surface area contributed by atoms with Crippen LogP contribution in [0.25, 0.3) is 0 Å². The minimum absolute atomic E-state index is 0.0698. The van der Waals surface area contributed by atoms with Crippen molar-refractivity contribution in [3.05, 3.63) is 35.4 Å². The van der Waals surface area contributed by atoms with E-state index >= 15 is 0 Å². The van der Waals surface area contributed by atoms with Gasteiger partial charge in [0.05, 0.1) is 13.2 Å². The molecule has 0 aliphatic carbocycles. The molecule has 0 aromatic heterocycles. The molecule has 19 heavy (non-hydrogen) atoms. The Labute approximate surface area is 113 Å². The average molecular weight is 264 g/mol. The van der Waals surface area contributed by atoms with E-state index in [9.17, 15) is 9.59 Å². The quantitative estimate of drug-likeness (QED) is 0.797. The number of likely N-dealkylation sites (N-methyl/N-ethyl adjacent to an activating group) is 2. The lowest BCUT2D eigenvalue weighted by atomic mass is 10.1. The highest BCUT2D eigenvalue weighted by atomic mass is 16.5. The van der Waals surface area contributed by atoms with Gasteiger partial charge in [-0.1, -0.05) is 12.1 Å². The number of rotatable bonds is 5. The molecule has 5 heteroatoms. The summed E-state index contributed by atoms with van der Waals surface area (Å²) in [4.78, 5) is 26.6. The number of hydrogen-bond donors (Lipinski definition) is 0. The van der Waals surface area contributed by atoms with E-state index in [0.29, 0.717) is 12.2 Å². The third-order valence-corrected chi connectivity index (χ3v) is 2.70. The standard InChI is InChI=1S/C14H20N2O3/c1-15(2)13(17)9-16(3)14(18)12-7-5-6-11(8-12)10-19-4/h5-8H,9-10H2,1-4H3. The maximum atomic E-state index is 12.2. The van der Waals surface area contributed by atoms with Gasteiger partial charge in [-0.15, -0.1) is 0 Å². The summed E-state index contributed by atoms with van der Waals surface area (Å²) in [5.41, 5.74) is 1.49. The van der Waals surface area contributed by atoms with E-state index in [1.165, 1.54) is 9.80 Å². The molecule has 0 unspecified atom stereocenters. The van der Waals surface area contributed by atoms with Crippen LogP contribution in [0.15, 0.2) is 24.3 Å². The van der Waals surface area contributed by atoms with Crippen molar-refractivity contribution in [2.75, 3.05) is 34.8 Å². The van der Waals surface area contributed by atoms with Gasteiger partial charge in [-0.25, -0.2) is 0 Å². The molecule has 104 valence electrons. The highest BCUT2D eigenvalue weighted by Gasteiger charge is 2.16. The fourth-order valence-corrected chi connectivity index (χ4v) is 1.60. The van der Waals surface area contributed by atoms with Crippen LogP contribution in [-0.4, -0.2) is 56.4 Å². The molecular formula is C14H20N2O3. The Kier molecular flexibility index (Phi) is 5.51. The van der Waals surface area contributed by atoms with Gasteiger partial charge in [0, 0.05) is 33.8 Å². The number of nitrogens with zero attached hydrogens (tertiary/aromatic N) is 2. The second-order valence-corrected chi connectivity index (χ2v) is 4.58. The number of benzene rings is 1. The fourth-order valence-electron chi connectivity index (χ4n) is 1.60. The number of carbonyl (C=O) groups is 2. The first kappa shape index (κ1) is 15.2. The van der Waals surface area contributed by atoms with E-state index in [1.54, 1.807) is 40.4 Å². The Morgan fingerprint density at radius 1 is 1.21 bits per heavy atom. The van der Waals surface area contributed by atoms with Gasteiger partial charge in [-0.05, 0) is 17.7 Å². The smallest absolute Gasteiger partial charge is 0.254 e. The largest absolute Gasteiger partial charge is 0.380 e. The predicted octanol–water partition coefficient (Wildman–Crippen LogP) is 0.993. The van der Waals surface area contributed by atoms with Gasteiger partial charge >= 0.3 is 0 Å². The first-order valence-corrected chi connectivity index (χ1v) is 5.99. The third kappa shape index (κ3) is 4.37. The van der Waals surface area contributed by atoms with Gasteiger partial charge in [0.25, 0.3) is 5.91 Å². The van der Waals surface area contributed by atoms with Crippen molar-refractivity contribution >= 4 is 11.8 Å². The highest BCUT2D eigenvalue weighted by Crippen LogP contribution is 2.09. The Hall–Kier alpha value is -1.88. The minimum atomic E-state index is -0.173. The van der Waals surface area contributed by atoms with E-state index in [1.807, 2.05) is 12.1 Å². The second-order valence-electron chi connectivity index (χ2n) is 4.58. The van der Waals surface area contributed by atoms with Crippen molar-refractivity contribution in [3.63, 3.8) is 0 Å². The maximum Gasteiger partial charge on any atom is 0.254 e. The van der Waals surface area contributed by atoms with Crippen molar-refractivity contribution in [1.29, 1.82) is 0 Å². The molecule has 0 aliphatic rings. The molecule has 0 spiro atoms. The Bertz CT molecular complexity index is 458. The van der Waals surface area contributed by atoms with E-state index in [2.05, 4.69) is 0 Å². The Balaban J connectivity index is 2.76. The monoisotopic (exact) mass is 264 g/mol. The SMILES string of the molecule is COCc1cccc(C(=O)N(C)CC(=O)N(C)C)c1. The van der Waals surface area contributed by atoms with Gasteiger partial charge in [0.15, 0.2) is 0 Å². The van der Waals surface area contributed by atoms with E-state index in [-0.39, 0.29) is 18.4 Å². The number of methoxy groups -OCH3 is 1. The predicted molar refractivity (Wildman–Crippen MR) is 72.8 cm³/mol. The summed E-state index contributed by atoms with van der Waals surface area (Å²) >= 11 is 0. The Morgan fingerprint density at radius 2 is 1.89 bits per heavy atom. The molecule has 1 rings (SSSR count). The molecule has 0 saturated heterocycles. The minimum Gasteiger partial charge on any atom is -0.380 e. The molecule has 0 bridgehead atoms. The normalized spacial score (nSPS) is 10.1. The van der Waals surface area contributed by atoms with E-state index in [0.717, 1.165) is 5.56 Å². The second kappa shape index (κ2) is 6.89. The van der Waals surface area contributed by atoms with Crippen LogP contribution in [-0.2, 0) is 16.1 Å². The zero-order chi connectivity index (χ0) is 14.4. The molecule has 0 radical (unpaired) electrons. The van der Waals surface area contributed by atoms with Crippen LogP contribution in [0.1, 0.15) is 15.9 Å². The summed E-state index contributed by atoms with van der Waals surface area (Å²) in [5.74, 6) is -0.281. The van der Waals surface area contributed by atoms with Crippen molar-refractivity contribution in [2.45, 2.75) is 6.61 Å². The van der Waals surface area contributed by atoms with Crippen LogP contribution in [0, 0.1) is 0 Å². The molecule has 1 aromatic rings. The van der Waals surface area contributed by atoms with Gasteiger partial charge in [-0.2, -0.15) is 0 Å². The lowest BCUT2D eigenvalue weighted by Crippen LogP contribution is -2.37. The molecule has 0 saturated carbocycles. The zero-order valence-electron chi connectivity index (χ0n) is 11.8. The zero-order valence-corrected chi connectivity index (χ0v) is 11.8. The number of carbonyl (C=O) groups excluding carboxylic acids is 2. The molecule has 0 heterocycles. The molecule has 2 amide bonds. The van der Waals surface area contributed by atoms with Crippen LogP contribution in [0.2, 0.25) is 0 Å². The third-order valence-electron chi connectivity index (χ3n) is 2.70. The molecular weight excluding hydrogens is 244 g/mol. The summed E-state index contributed by atoms with van der Waals surface area (Å²) in [7, 11) is 6.56. The molecule has 0 aliphatic heterocycles. The van der Waals surface area contributed by atoms with Crippen molar-refractivity contribution in [1.82, 2.24) is 9.80 Å². The first-order chi connectivity index (χ1) is 8.95. The number of ether oxygens (including phenoxy) is 1.